The minimum atomic E-state index is -0.371. The maximum absolute atomic E-state index is 13.0. The number of nitrogens with zero attached hydrogens (tertiary/aromatic N) is 1. The highest BCUT2D eigenvalue weighted by Gasteiger charge is 2.04. The van der Waals surface area contributed by atoms with Crippen LogP contribution in [0.25, 0.3) is 11.6 Å². The molecule has 1 heterocycles. The molecule has 0 radical (unpaired) electrons. The molecule has 0 saturated carbocycles. The van der Waals surface area contributed by atoms with Crippen LogP contribution in [0.2, 0.25) is 0 Å². The van der Waals surface area contributed by atoms with Crippen LogP contribution in [-0.4, -0.2) is 0 Å². The van der Waals surface area contributed by atoms with Gasteiger partial charge in [-0.05, 0) is 51.8 Å². The first-order chi connectivity index (χ1) is 8.19. The first kappa shape index (κ1) is 11.6. The Morgan fingerprint density at radius 2 is 2.18 bits per heavy atom. The number of benzene rings is 1. The van der Waals surface area contributed by atoms with E-state index in [0.29, 0.717) is 21.6 Å². The predicted octanol–water partition coefficient (Wildman–Crippen LogP) is 4.25. The van der Waals surface area contributed by atoms with E-state index >= 15 is 0 Å². The minimum Gasteiger partial charge on any atom is -0.450 e. The fraction of sp³-hybridized carbons (Fsp3) is 0. The van der Waals surface area contributed by atoms with Gasteiger partial charge in [0, 0.05) is 0 Å². The molecule has 4 heteroatoms. The summed E-state index contributed by atoms with van der Waals surface area (Å²) in [5, 5.41) is 9.04. The molecule has 1 aromatic carbocycles. The highest BCUT2D eigenvalue weighted by molar-refractivity contribution is 9.10. The number of furan rings is 1. The number of hydrogen-bond donors (Lipinski definition) is 0. The van der Waals surface area contributed by atoms with Crippen molar-refractivity contribution in [2.45, 2.75) is 0 Å². The third-order valence-corrected chi connectivity index (χ3v) is 2.56. The second-order valence-electron chi connectivity index (χ2n) is 3.32. The van der Waals surface area contributed by atoms with E-state index < -0.39 is 0 Å². The lowest BCUT2D eigenvalue weighted by Gasteiger charge is -1.98. The summed E-state index contributed by atoms with van der Waals surface area (Å²) in [5.41, 5.74) is 0.881. The van der Waals surface area contributed by atoms with Crippen molar-refractivity contribution in [2.24, 2.45) is 0 Å². The zero-order valence-electron chi connectivity index (χ0n) is 8.65. The van der Waals surface area contributed by atoms with E-state index in [1.165, 1.54) is 12.1 Å². The topological polar surface area (TPSA) is 36.9 Å². The van der Waals surface area contributed by atoms with Gasteiger partial charge in [0.05, 0.1) is 11.6 Å². The predicted molar refractivity (Wildman–Crippen MR) is 66.3 cm³/mol. The molecule has 0 amide bonds. The molecule has 2 aromatic rings. The van der Waals surface area contributed by atoms with Crippen molar-refractivity contribution >= 4 is 27.6 Å². The van der Waals surface area contributed by atoms with Gasteiger partial charge < -0.3 is 4.42 Å². The molecule has 17 heavy (non-hydrogen) atoms. The second-order valence-corrected chi connectivity index (χ2v) is 4.10. The molecular weight excluding hydrogens is 285 g/mol. The summed E-state index contributed by atoms with van der Waals surface area (Å²) in [5.74, 6) is 0.168. The first-order valence-corrected chi connectivity index (χ1v) is 5.61. The van der Waals surface area contributed by atoms with Crippen LogP contribution in [0.5, 0.6) is 0 Å². The molecule has 0 bridgehead atoms. The smallest absolute Gasteiger partial charge is 0.169 e. The Labute approximate surface area is 106 Å². The fourth-order valence-electron chi connectivity index (χ4n) is 1.38. The Hall–Kier alpha value is -1.86. The minimum absolute atomic E-state index is 0.353. The lowest BCUT2D eigenvalue weighted by atomic mass is 10.1. The molecule has 1 aromatic heterocycles. The number of hydrogen-bond acceptors (Lipinski definition) is 2. The van der Waals surface area contributed by atoms with Gasteiger partial charge in [0.1, 0.15) is 11.6 Å². The van der Waals surface area contributed by atoms with Crippen LogP contribution < -0.4 is 0 Å². The second kappa shape index (κ2) is 4.98. The van der Waals surface area contributed by atoms with E-state index in [2.05, 4.69) is 15.9 Å². The Morgan fingerprint density at radius 3 is 2.76 bits per heavy atom. The summed E-state index contributed by atoms with van der Waals surface area (Å²) in [6.07, 6.45) is 1.57. The van der Waals surface area contributed by atoms with E-state index in [9.17, 15) is 4.39 Å². The molecule has 0 aliphatic carbocycles. The van der Waals surface area contributed by atoms with E-state index in [0.717, 1.165) is 0 Å². The lowest BCUT2D eigenvalue weighted by Crippen LogP contribution is -1.83. The fourth-order valence-corrected chi connectivity index (χ4v) is 1.70. The van der Waals surface area contributed by atoms with Crippen LogP contribution in [0.3, 0.4) is 0 Å². The lowest BCUT2D eigenvalue weighted by molar-refractivity contribution is 0.532. The maximum atomic E-state index is 13.0. The van der Waals surface area contributed by atoms with Gasteiger partial charge in [0.15, 0.2) is 4.67 Å². The molecule has 0 spiro atoms. The van der Waals surface area contributed by atoms with E-state index in [1.54, 1.807) is 30.3 Å². The van der Waals surface area contributed by atoms with E-state index in [4.69, 9.17) is 9.68 Å². The van der Waals surface area contributed by atoms with Crippen molar-refractivity contribution in [3.8, 4) is 6.07 Å². The SMILES string of the molecule is N#CC(=Cc1ccc(Br)o1)c1cccc(F)c1. The summed E-state index contributed by atoms with van der Waals surface area (Å²) in [7, 11) is 0. The number of allylic oxidation sites excluding steroid dienone is 1. The summed E-state index contributed by atoms with van der Waals surface area (Å²) in [4.78, 5) is 0. The third-order valence-electron chi connectivity index (χ3n) is 2.14. The van der Waals surface area contributed by atoms with Crippen molar-refractivity contribution in [3.05, 3.63) is 58.2 Å². The summed E-state index contributed by atoms with van der Waals surface area (Å²) >= 11 is 3.17. The summed E-state index contributed by atoms with van der Waals surface area (Å²) < 4.78 is 18.9. The highest BCUT2D eigenvalue weighted by atomic mass is 79.9. The highest BCUT2D eigenvalue weighted by Crippen LogP contribution is 2.21. The third kappa shape index (κ3) is 2.83. The molecule has 0 atom stereocenters. The summed E-state index contributed by atoms with van der Waals surface area (Å²) in [6, 6.07) is 11.4. The van der Waals surface area contributed by atoms with Gasteiger partial charge in [-0.1, -0.05) is 12.1 Å². The van der Waals surface area contributed by atoms with Crippen molar-refractivity contribution in [2.75, 3.05) is 0 Å². The molecule has 84 valence electrons. The van der Waals surface area contributed by atoms with Crippen LogP contribution in [-0.2, 0) is 0 Å². The van der Waals surface area contributed by atoms with Crippen molar-refractivity contribution in [3.63, 3.8) is 0 Å². The van der Waals surface area contributed by atoms with Crippen LogP contribution >= 0.6 is 15.9 Å². The summed E-state index contributed by atoms with van der Waals surface area (Å²) in [6.45, 7) is 0. The van der Waals surface area contributed by atoms with Gasteiger partial charge in [0.2, 0.25) is 0 Å². The van der Waals surface area contributed by atoms with E-state index in [-0.39, 0.29) is 5.82 Å². The van der Waals surface area contributed by atoms with Gasteiger partial charge in [-0.25, -0.2) is 4.39 Å². The molecule has 2 rings (SSSR count). The Balaban J connectivity index is 2.41. The van der Waals surface area contributed by atoms with Gasteiger partial charge >= 0.3 is 0 Å². The van der Waals surface area contributed by atoms with Crippen molar-refractivity contribution < 1.29 is 8.81 Å². The number of nitriles is 1. The van der Waals surface area contributed by atoms with E-state index in [1.807, 2.05) is 6.07 Å². The molecule has 0 saturated heterocycles. The maximum Gasteiger partial charge on any atom is 0.169 e. The molecule has 2 nitrogen and oxygen atoms in total. The standard InChI is InChI=1S/C13H7BrFNO/c14-13-5-4-12(17-13)7-10(8-16)9-2-1-3-11(15)6-9/h1-7H. The van der Waals surface area contributed by atoms with Crippen molar-refractivity contribution in [1.29, 1.82) is 5.26 Å². The zero-order valence-corrected chi connectivity index (χ0v) is 10.2. The number of rotatable bonds is 2. The normalized spacial score (nSPS) is 11.2. The molecular formula is C13H7BrFNO. The Morgan fingerprint density at radius 1 is 1.35 bits per heavy atom. The first-order valence-electron chi connectivity index (χ1n) is 4.82. The average Bonchev–Trinajstić information content (AvgIpc) is 2.72. The molecule has 0 fully saturated rings. The van der Waals surface area contributed by atoms with Crippen molar-refractivity contribution in [1.82, 2.24) is 0 Å². The van der Waals surface area contributed by atoms with Gasteiger partial charge in [0.25, 0.3) is 0 Å². The number of halogens is 2. The van der Waals surface area contributed by atoms with Gasteiger partial charge in [-0.2, -0.15) is 5.26 Å². The Bertz CT molecular complexity index is 610. The van der Waals surface area contributed by atoms with Crippen LogP contribution in [0.4, 0.5) is 4.39 Å². The zero-order chi connectivity index (χ0) is 12.3. The van der Waals surface area contributed by atoms with Crippen LogP contribution in [0.15, 0.2) is 45.5 Å². The monoisotopic (exact) mass is 291 g/mol. The molecule has 0 aliphatic heterocycles. The van der Waals surface area contributed by atoms with Crippen LogP contribution in [0, 0.1) is 17.1 Å². The van der Waals surface area contributed by atoms with Gasteiger partial charge in [-0.3, -0.25) is 0 Å². The average molecular weight is 292 g/mol. The molecule has 0 unspecified atom stereocenters. The molecule has 0 N–H and O–H groups in total. The quantitative estimate of drug-likeness (QED) is 0.776. The van der Waals surface area contributed by atoms with Crippen LogP contribution in [0.1, 0.15) is 11.3 Å². The molecule has 0 aliphatic rings. The van der Waals surface area contributed by atoms with Gasteiger partial charge in [-0.15, -0.1) is 0 Å². The Kier molecular flexibility index (Phi) is 3.40. The largest absolute Gasteiger partial charge is 0.450 e.